The topological polar surface area (TPSA) is 42.0 Å². The number of hydrogen-bond acceptors (Lipinski definition) is 4. The molecular formula is C29H40N2O3. The van der Waals surface area contributed by atoms with E-state index < -0.39 is 0 Å². The van der Waals surface area contributed by atoms with Crippen molar-refractivity contribution in [2.75, 3.05) is 39.8 Å². The van der Waals surface area contributed by atoms with Crippen molar-refractivity contribution in [3.63, 3.8) is 0 Å². The van der Waals surface area contributed by atoms with Gasteiger partial charge in [0.1, 0.15) is 5.75 Å². The molecule has 1 amide bonds. The fourth-order valence-electron chi connectivity index (χ4n) is 5.18. The van der Waals surface area contributed by atoms with Gasteiger partial charge in [0.2, 0.25) is 5.91 Å². The number of carbonyl (C=O) groups excluding carboxylic acids is 1. The molecule has 1 saturated carbocycles. The van der Waals surface area contributed by atoms with E-state index in [1.807, 2.05) is 12.1 Å². The molecule has 5 heteroatoms. The van der Waals surface area contributed by atoms with Crippen LogP contribution in [0, 0.1) is 12.8 Å². The first-order valence-corrected chi connectivity index (χ1v) is 12.9. The van der Waals surface area contributed by atoms with Crippen molar-refractivity contribution < 1.29 is 14.3 Å². The molecule has 0 bridgehead atoms. The van der Waals surface area contributed by atoms with Gasteiger partial charge in [-0.3, -0.25) is 9.69 Å². The van der Waals surface area contributed by atoms with Gasteiger partial charge >= 0.3 is 0 Å². The van der Waals surface area contributed by atoms with Crippen molar-refractivity contribution >= 4 is 5.91 Å². The summed E-state index contributed by atoms with van der Waals surface area (Å²) in [5.41, 5.74) is 3.56. The van der Waals surface area contributed by atoms with E-state index in [-0.39, 0.29) is 6.10 Å². The number of piperazine rings is 1. The molecule has 1 atom stereocenters. The number of ether oxygens (including phenoxy) is 2. The molecular weight excluding hydrogens is 424 g/mol. The molecule has 34 heavy (non-hydrogen) atoms. The minimum absolute atomic E-state index is 0.0546. The Morgan fingerprint density at radius 2 is 1.76 bits per heavy atom. The van der Waals surface area contributed by atoms with E-state index >= 15 is 0 Å². The highest BCUT2D eigenvalue weighted by molar-refractivity contribution is 5.76. The summed E-state index contributed by atoms with van der Waals surface area (Å²) in [4.78, 5) is 17.2. The van der Waals surface area contributed by atoms with E-state index in [1.165, 1.54) is 36.8 Å². The van der Waals surface area contributed by atoms with Crippen molar-refractivity contribution in [2.24, 2.45) is 5.92 Å². The summed E-state index contributed by atoms with van der Waals surface area (Å²) in [5.74, 6) is 1.96. The molecule has 0 spiro atoms. The van der Waals surface area contributed by atoms with Crippen molar-refractivity contribution in [3.05, 3.63) is 65.2 Å². The Balaban J connectivity index is 1.32. The van der Waals surface area contributed by atoms with Crippen molar-refractivity contribution in [2.45, 2.75) is 58.2 Å². The molecule has 0 unspecified atom stereocenters. The van der Waals surface area contributed by atoms with E-state index in [0.29, 0.717) is 12.5 Å². The van der Waals surface area contributed by atoms with Crippen LogP contribution in [-0.2, 0) is 16.1 Å². The number of carbonyl (C=O) groups is 1. The largest absolute Gasteiger partial charge is 0.497 e. The zero-order valence-electron chi connectivity index (χ0n) is 20.9. The van der Waals surface area contributed by atoms with Gasteiger partial charge in [-0.15, -0.1) is 0 Å². The Morgan fingerprint density at radius 1 is 1.03 bits per heavy atom. The quantitative estimate of drug-likeness (QED) is 0.474. The lowest BCUT2D eigenvalue weighted by molar-refractivity contribution is -0.133. The highest BCUT2D eigenvalue weighted by atomic mass is 16.5. The maximum atomic E-state index is 12.7. The molecule has 1 aliphatic heterocycles. The molecule has 1 heterocycles. The van der Waals surface area contributed by atoms with Gasteiger partial charge in [0.25, 0.3) is 0 Å². The van der Waals surface area contributed by atoms with Crippen LogP contribution in [0.25, 0.3) is 0 Å². The van der Waals surface area contributed by atoms with Crippen LogP contribution in [0.3, 0.4) is 0 Å². The average Bonchev–Trinajstić information content (AvgIpc) is 3.40. The zero-order valence-corrected chi connectivity index (χ0v) is 20.9. The van der Waals surface area contributed by atoms with Crippen molar-refractivity contribution in [3.8, 4) is 5.75 Å². The van der Waals surface area contributed by atoms with Gasteiger partial charge in [-0.05, 0) is 42.5 Å². The first-order valence-electron chi connectivity index (χ1n) is 12.9. The molecule has 0 aromatic heterocycles. The van der Waals surface area contributed by atoms with E-state index in [1.54, 1.807) is 7.11 Å². The minimum Gasteiger partial charge on any atom is -0.497 e. The number of rotatable bonds is 10. The molecule has 2 aromatic carbocycles. The molecule has 4 rings (SSSR count). The fraction of sp³-hybridized carbons (Fsp3) is 0.552. The number of benzene rings is 2. The van der Waals surface area contributed by atoms with Gasteiger partial charge in [0.05, 0.1) is 19.8 Å². The van der Waals surface area contributed by atoms with Gasteiger partial charge < -0.3 is 14.4 Å². The fourth-order valence-corrected chi connectivity index (χ4v) is 5.18. The summed E-state index contributed by atoms with van der Waals surface area (Å²) in [6.45, 7) is 6.89. The highest BCUT2D eigenvalue weighted by Crippen LogP contribution is 2.29. The second kappa shape index (κ2) is 12.4. The molecule has 184 valence electrons. The van der Waals surface area contributed by atoms with Gasteiger partial charge in [-0.1, -0.05) is 67.6 Å². The number of hydrogen-bond donors (Lipinski definition) is 0. The summed E-state index contributed by atoms with van der Waals surface area (Å²) in [7, 11) is 1.70. The van der Waals surface area contributed by atoms with E-state index in [2.05, 4.69) is 53.1 Å². The molecule has 0 radical (unpaired) electrons. The lowest BCUT2D eigenvalue weighted by Crippen LogP contribution is -2.49. The van der Waals surface area contributed by atoms with Crippen LogP contribution in [0.1, 0.15) is 61.3 Å². The summed E-state index contributed by atoms with van der Waals surface area (Å²) in [6, 6.07) is 16.7. The van der Waals surface area contributed by atoms with Crippen molar-refractivity contribution in [1.82, 2.24) is 9.80 Å². The molecule has 1 aliphatic carbocycles. The summed E-state index contributed by atoms with van der Waals surface area (Å²) in [5, 5.41) is 0. The molecule has 2 aliphatic rings. The van der Waals surface area contributed by atoms with Crippen LogP contribution in [-0.4, -0.2) is 55.5 Å². The Bertz CT molecular complexity index is 900. The maximum absolute atomic E-state index is 12.7. The van der Waals surface area contributed by atoms with Crippen molar-refractivity contribution in [1.29, 1.82) is 0 Å². The standard InChI is InChI=1S/C29H40N2O3/c1-23-10-12-25(13-11-23)22-34-28(26-8-5-9-27(20-26)33-2)21-30-16-18-31(19-17-30)29(32)15-14-24-6-3-4-7-24/h5,8-13,20,24,28H,3-4,6-7,14-19,21-22H2,1-2H3/t28-/m1/s1. The highest BCUT2D eigenvalue weighted by Gasteiger charge is 2.25. The lowest BCUT2D eigenvalue weighted by Gasteiger charge is -2.36. The lowest BCUT2D eigenvalue weighted by atomic mass is 10.0. The first-order chi connectivity index (χ1) is 16.6. The summed E-state index contributed by atoms with van der Waals surface area (Å²) >= 11 is 0. The van der Waals surface area contributed by atoms with Crippen LogP contribution in [0.5, 0.6) is 5.75 Å². The minimum atomic E-state index is -0.0546. The molecule has 2 aromatic rings. The second-order valence-electron chi connectivity index (χ2n) is 9.93. The van der Waals surface area contributed by atoms with Gasteiger partial charge in [0, 0.05) is 39.1 Å². The summed E-state index contributed by atoms with van der Waals surface area (Å²) in [6.07, 6.45) is 7.06. The molecule has 0 N–H and O–H groups in total. The summed E-state index contributed by atoms with van der Waals surface area (Å²) < 4.78 is 11.9. The Hall–Kier alpha value is -2.37. The van der Waals surface area contributed by atoms with E-state index in [9.17, 15) is 4.79 Å². The van der Waals surface area contributed by atoms with E-state index in [0.717, 1.165) is 62.8 Å². The van der Waals surface area contributed by atoms with Crippen LogP contribution < -0.4 is 4.74 Å². The first kappa shape index (κ1) is 24.7. The van der Waals surface area contributed by atoms with Crippen LogP contribution in [0.4, 0.5) is 0 Å². The third-order valence-electron chi connectivity index (χ3n) is 7.43. The third-order valence-corrected chi connectivity index (χ3v) is 7.43. The zero-order chi connectivity index (χ0) is 23.8. The average molecular weight is 465 g/mol. The predicted molar refractivity (Wildman–Crippen MR) is 136 cm³/mol. The SMILES string of the molecule is COc1cccc([C@@H](CN2CCN(C(=O)CCC3CCCC3)CC2)OCc2ccc(C)cc2)c1. The Kier molecular flexibility index (Phi) is 9.00. The normalized spacial score (nSPS) is 18.2. The molecule has 2 fully saturated rings. The van der Waals surface area contributed by atoms with Crippen LogP contribution in [0.15, 0.2) is 48.5 Å². The maximum Gasteiger partial charge on any atom is 0.222 e. The predicted octanol–water partition coefficient (Wildman–Crippen LogP) is 5.38. The van der Waals surface area contributed by atoms with Gasteiger partial charge in [-0.25, -0.2) is 0 Å². The number of aryl methyl sites for hydroxylation is 1. The second-order valence-corrected chi connectivity index (χ2v) is 9.93. The number of amides is 1. The van der Waals surface area contributed by atoms with Crippen LogP contribution in [0.2, 0.25) is 0 Å². The number of nitrogens with zero attached hydrogens (tertiary/aromatic N) is 2. The smallest absolute Gasteiger partial charge is 0.222 e. The monoisotopic (exact) mass is 464 g/mol. The van der Waals surface area contributed by atoms with Crippen LogP contribution >= 0.6 is 0 Å². The molecule has 5 nitrogen and oxygen atoms in total. The van der Waals surface area contributed by atoms with E-state index in [4.69, 9.17) is 9.47 Å². The molecule has 1 saturated heterocycles. The van der Waals surface area contributed by atoms with Gasteiger partial charge in [-0.2, -0.15) is 0 Å². The Labute approximate surface area is 205 Å². The number of methoxy groups -OCH3 is 1. The third kappa shape index (κ3) is 7.07. The van der Waals surface area contributed by atoms with Gasteiger partial charge in [0.15, 0.2) is 0 Å². The Morgan fingerprint density at radius 3 is 2.47 bits per heavy atom.